The molecule has 0 saturated carbocycles. The van der Waals surface area contributed by atoms with Gasteiger partial charge in [0, 0.05) is 0 Å². The minimum atomic E-state index is 0. The van der Waals surface area contributed by atoms with Gasteiger partial charge in [-0.2, -0.15) is 34.4 Å². The number of allylic oxidation sites excluding steroid dienone is 8. The molecule has 0 aromatic heterocycles. The van der Waals surface area contributed by atoms with Crippen molar-refractivity contribution in [1.82, 2.24) is 0 Å². The van der Waals surface area contributed by atoms with Crippen LogP contribution in [0.25, 0.3) is 11.1 Å². The largest absolute Gasteiger partial charge is 4.00 e. The van der Waals surface area contributed by atoms with E-state index in [1.807, 2.05) is 12.1 Å². The molecule has 2 aromatic rings. The quantitative estimate of drug-likeness (QED) is 0.545. The molecule has 0 saturated heterocycles. The van der Waals surface area contributed by atoms with E-state index >= 15 is 0 Å². The fourth-order valence-electron chi connectivity index (χ4n) is 3.25. The summed E-state index contributed by atoms with van der Waals surface area (Å²) >= 11 is 0. The molecule has 0 nitrogen and oxygen atoms in total. The molecule has 4 rings (SSSR count). The molecule has 0 aliphatic heterocycles. The first kappa shape index (κ1) is 27.9. The van der Waals surface area contributed by atoms with Crippen LogP contribution in [-0.2, 0) is 26.2 Å². The van der Waals surface area contributed by atoms with E-state index in [1.165, 1.54) is 44.6 Å². The van der Waals surface area contributed by atoms with E-state index in [1.54, 1.807) is 0 Å². The molecule has 148 valence electrons. The minimum absolute atomic E-state index is 0. The minimum Gasteiger partial charge on any atom is -1.00 e. The molecule has 0 spiro atoms. The maximum Gasteiger partial charge on any atom is 4.00 e. The standard InChI is InChI=1S/2C13H13.2ClH.Zr/c2*1-10-8-9-13(11(10)2)12-6-4-3-5-7-12;;;/h2*3-7H,8H2,1-2H3;2*1H;/q2*-1;;;+4/p-2. The molecule has 2 aromatic carbocycles. The first-order valence-electron chi connectivity index (χ1n) is 9.24. The normalized spacial score (nSPS) is 14.6. The Balaban J connectivity index is 0.000000490. The molecule has 0 bridgehead atoms. The number of hydrogen-bond donors (Lipinski definition) is 0. The van der Waals surface area contributed by atoms with Gasteiger partial charge in [-0.25, -0.2) is 0 Å². The zero-order chi connectivity index (χ0) is 18.5. The fourth-order valence-corrected chi connectivity index (χ4v) is 3.25. The van der Waals surface area contributed by atoms with Crippen molar-refractivity contribution in [1.29, 1.82) is 0 Å². The molecule has 0 radical (unpaired) electrons. The van der Waals surface area contributed by atoms with Crippen LogP contribution in [0.4, 0.5) is 0 Å². The van der Waals surface area contributed by atoms with Crippen LogP contribution in [-0.4, -0.2) is 0 Å². The third-order valence-electron chi connectivity index (χ3n) is 5.22. The zero-order valence-corrected chi connectivity index (χ0v) is 21.4. The third kappa shape index (κ3) is 6.96. The van der Waals surface area contributed by atoms with Crippen molar-refractivity contribution in [3.63, 3.8) is 0 Å². The van der Waals surface area contributed by atoms with Gasteiger partial charge in [0.15, 0.2) is 0 Å². The number of benzene rings is 2. The number of halogens is 2. The number of rotatable bonds is 2. The van der Waals surface area contributed by atoms with E-state index < -0.39 is 0 Å². The molecule has 0 heterocycles. The molecular weight excluding hydrogens is 474 g/mol. The molecule has 0 fully saturated rings. The predicted octanol–water partition coefficient (Wildman–Crippen LogP) is 1.23. The monoisotopic (exact) mass is 498 g/mol. The SMILES string of the molecule is CC1=C(C)C(c2ccccc2)=[C-]C1.CC1=C(C)C(c2ccccc2)=[C-]C1.[Cl-].[Cl-].[Zr+4]. The summed E-state index contributed by atoms with van der Waals surface area (Å²) in [5.41, 5.74) is 10.8. The summed E-state index contributed by atoms with van der Waals surface area (Å²) < 4.78 is 0. The van der Waals surface area contributed by atoms with Crippen LogP contribution < -0.4 is 24.8 Å². The van der Waals surface area contributed by atoms with Gasteiger partial charge in [0.1, 0.15) is 0 Å². The summed E-state index contributed by atoms with van der Waals surface area (Å²) in [6, 6.07) is 21.0. The Hall–Kier alpha value is -1.14. The number of hydrogen-bond acceptors (Lipinski definition) is 0. The smallest absolute Gasteiger partial charge is 1.00 e. The first-order chi connectivity index (χ1) is 12.6. The molecule has 2 aliphatic rings. The predicted molar refractivity (Wildman–Crippen MR) is 112 cm³/mol. The molecule has 29 heavy (non-hydrogen) atoms. The first-order valence-corrected chi connectivity index (χ1v) is 9.24. The van der Waals surface area contributed by atoms with Crippen LogP contribution in [0.1, 0.15) is 51.7 Å². The van der Waals surface area contributed by atoms with Gasteiger partial charge < -0.3 is 24.8 Å². The maximum absolute atomic E-state index is 3.42. The Kier molecular flexibility index (Phi) is 12.7. The van der Waals surface area contributed by atoms with Crippen molar-refractivity contribution < 1.29 is 51.0 Å². The summed E-state index contributed by atoms with van der Waals surface area (Å²) in [5, 5.41) is 0. The van der Waals surface area contributed by atoms with Gasteiger partial charge in [-0.05, 0) is 0 Å². The van der Waals surface area contributed by atoms with Gasteiger partial charge in [-0.15, -0.1) is 46.5 Å². The molecule has 2 aliphatic carbocycles. The van der Waals surface area contributed by atoms with Gasteiger partial charge in [0.05, 0.1) is 0 Å². The van der Waals surface area contributed by atoms with E-state index in [2.05, 4.69) is 88.4 Å². The van der Waals surface area contributed by atoms with E-state index in [4.69, 9.17) is 0 Å². The molecule has 0 atom stereocenters. The van der Waals surface area contributed by atoms with E-state index in [9.17, 15) is 0 Å². The summed E-state index contributed by atoms with van der Waals surface area (Å²) in [7, 11) is 0. The van der Waals surface area contributed by atoms with Crippen molar-refractivity contribution in [2.45, 2.75) is 40.5 Å². The summed E-state index contributed by atoms with van der Waals surface area (Å²) in [4.78, 5) is 0. The van der Waals surface area contributed by atoms with Crippen LogP contribution in [0, 0.1) is 12.2 Å². The molecule has 0 amide bonds. The van der Waals surface area contributed by atoms with Crippen molar-refractivity contribution in [3.05, 3.63) is 106 Å². The Bertz CT molecular complexity index is 827. The Labute approximate surface area is 207 Å². The molecule has 0 unspecified atom stereocenters. The van der Waals surface area contributed by atoms with Crippen molar-refractivity contribution in [3.8, 4) is 0 Å². The van der Waals surface area contributed by atoms with Crippen LogP contribution >= 0.6 is 0 Å². The van der Waals surface area contributed by atoms with E-state index in [-0.39, 0.29) is 51.0 Å². The topological polar surface area (TPSA) is 0 Å². The van der Waals surface area contributed by atoms with E-state index in [0.717, 1.165) is 12.8 Å². The zero-order valence-electron chi connectivity index (χ0n) is 17.4. The fraction of sp³-hybridized carbons (Fsp3) is 0.231. The van der Waals surface area contributed by atoms with Gasteiger partial charge in [-0.3, -0.25) is 0 Å². The summed E-state index contributed by atoms with van der Waals surface area (Å²) in [5.74, 6) is 0. The van der Waals surface area contributed by atoms with Crippen molar-refractivity contribution >= 4 is 11.1 Å². The molecule has 3 heteroatoms. The van der Waals surface area contributed by atoms with Crippen LogP contribution in [0.2, 0.25) is 0 Å². The average molecular weight is 501 g/mol. The second-order valence-electron chi connectivity index (χ2n) is 7.00. The van der Waals surface area contributed by atoms with Gasteiger partial charge in [0.25, 0.3) is 0 Å². The molecule has 0 N–H and O–H groups in total. The van der Waals surface area contributed by atoms with Crippen LogP contribution in [0.15, 0.2) is 83.0 Å². The maximum atomic E-state index is 3.42. The Morgan fingerprint density at radius 1 is 0.552 bits per heavy atom. The van der Waals surface area contributed by atoms with Gasteiger partial charge >= 0.3 is 26.2 Å². The van der Waals surface area contributed by atoms with Crippen LogP contribution in [0.5, 0.6) is 0 Å². The average Bonchev–Trinajstić information content (AvgIpc) is 3.19. The van der Waals surface area contributed by atoms with Crippen LogP contribution in [0.3, 0.4) is 0 Å². The molecular formula is C26H26Cl2Zr. The summed E-state index contributed by atoms with van der Waals surface area (Å²) in [6.45, 7) is 8.71. The van der Waals surface area contributed by atoms with Crippen molar-refractivity contribution in [2.24, 2.45) is 0 Å². The Morgan fingerprint density at radius 3 is 1.10 bits per heavy atom. The van der Waals surface area contributed by atoms with Gasteiger partial charge in [-0.1, -0.05) is 76.9 Å². The second kappa shape index (κ2) is 13.2. The van der Waals surface area contributed by atoms with E-state index in [0.29, 0.717) is 0 Å². The second-order valence-corrected chi connectivity index (χ2v) is 7.00. The summed E-state index contributed by atoms with van der Waals surface area (Å²) in [6.07, 6.45) is 8.82. The third-order valence-corrected chi connectivity index (χ3v) is 5.22. The van der Waals surface area contributed by atoms with Gasteiger partial charge in [0.2, 0.25) is 0 Å². The van der Waals surface area contributed by atoms with Crippen molar-refractivity contribution in [2.75, 3.05) is 0 Å². The Morgan fingerprint density at radius 2 is 0.862 bits per heavy atom.